The van der Waals surface area contributed by atoms with Crippen LogP contribution in [-0.2, 0) is 0 Å². The Balaban J connectivity index is 1.88. The third kappa shape index (κ3) is 1.89. The molecule has 14 heavy (non-hydrogen) atoms. The van der Waals surface area contributed by atoms with E-state index in [0.29, 0.717) is 5.41 Å². The fourth-order valence-electron chi connectivity index (χ4n) is 3.02. The van der Waals surface area contributed by atoms with Crippen LogP contribution in [0.3, 0.4) is 0 Å². The molecule has 0 radical (unpaired) electrons. The summed E-state index contributed by atoms with van der Waals surface area (Å²) < 4.78 is 0. The smallest absolute Gasteiger partial charge is 0.0146 e. The summed E-state index contributed by atoms with van der Waals surface area (Å²) in [5.74, 6) is 2.67. The van der Waals surface area contributed by atoms with E-state index in [9.17, 15) is 0 Å². The molecular weight excluding hydrogens is 168 g/mol. The first-order valence-corrected chi connectivity index (χ1v) is 6.19. The van der Waals surface area contributed by atoms with E-state index in [-0.39, 0.29) is 0 Å². The fourth-order valence-corrected chi connectivity index (χ4v) is 3.02. The number of hydrogen-bond acceptors (Lipinski definition) is 0. The topological polar surface area (TPSA) is 0 Å². The van der Waals surface area contributed by atoms with Crippen LogP contribution in [0.25, 0.3) is 0 Å². The predicted octanol–water partition coefficient (Wildman–Crippen LogP) is 4.42. The van der Waals surface area contributed by atoms with Crippen molar-refractivity contribution in [1.82, 2.24) is 0 Å². The third-order valence-corrected chi connectivity index (χ3v) is 4.50. The average Bonchev–Trinajstić information content (AvgIpc) is 2.75. The molecule has 0 aromatic rings. The lowest BCUT2D eigenvalue weighted by molar-refractivity contribution is 0.310. The molecule has 0 aliphatic heterocycles. The van der Waals surface area contributed by atoms with Crippen LogP contribution >= 0.6 is 0 Å². The average molecular weight is 192 g/mol. The van der Waals surface area contributed by atoms with Crippen LogP contribution in [0, 0.1) is 23.2 Å². The molecule has 0 nitrogen and oxygen atoms in total. The predicted molar refractivity (Wildman–Crippen MR) is 62.2 cm³/mol. The van der Waals surface area contributed by atoms with Crippen molar-refractivity contribution in [2.24, 2.45) is 23.2 Å². The maximum atomic E-state index is 4.36. The summed E-state index contributed by atoms with van der Waals surface area (Å²) in [6.45, 7) is 11.5. The van der Waals surface area contributed by atoms with Gasteiger partial charge < -0.3 is 0 Å². The van der Waals surface area contributed by atoms with Gasteiger partial charge in [0.25, 0.3) is 0 Å². The highest BCUT2D eigenvalue weighted by atomic mass is 14.5. The van der Waals surface area contributed by atoms with E-state index in [2.05, 4.69) is 27.4 Å². The van der Waals surface area contributed by atoms with Gasteiger partial charge in [0.05, 0.1) is 0 Å². The number of hydrogen-bond donors (Lipinski definition) is 0. The van der Waals surface area contributed by atoms with Crippen molar-refractivity contribution in [2.45, 2.75) is 52.9 Å². The lowest BCUT2D eigenvalue weighted by Gasteiger charge is -2.28. The first kappa shape index (κ1) is 10.3. The second-order valence-corrected chi connectivity index (χ2v) is 6.28. The van der Waals surface area contributed by atoms with Crippen molar-refractivity contribution < 1.29 is 0 Å². The fraction of sp³-hybridized carbons (Fsp3) is 0.857. The molecule has 0 aromatic heterocycles. The van der Waals surface area contributed by atoms with Gasteiger partial charge in [-0.05, 0) is 42.4 Å². The van der Waals surface area contributed by atoms with Gasteiger partial charge >= 0.3 is 0 Å². The molecule has 2 saturated carbocycles. The summed E-state index contributed by atoms with van der Waals surface area (Å²) in [5.41, 5.74) is 2.17. The SMILES string of the molecule is C=C(C1CCC(C)CC1)C1CC1(C)C. The Labute approximate surface area is 88.8 Å². The molecule has 80 valence electrons. The Bertz CT molecular complexity index is 228. The van der Waals surface area contributed by atoms with E-state index in [0.717, 1.165) is 17.8 Å². The van der Waals surface area contributed by atoms with Crippen LogP contribution in [0.4, 0.5) is 0 Å². The molecule has 0 bridgehead atoms. The van der Waals surface area contributed by atoms with Crippen molar-refractivity contribution >= 4 is 0 Å². The molecule has 1 unspecified atom stereocenters. The van der Waals surface area contributed by atoms with E-state index in [4.69, 9.17) is 0 Å². The van der Waals surface area contributed by atoms with Gasteiger partial charge in [0.1, 0.15) is 0 Å². The molecule has 2 rings (SSSR count). The van der Waals surface area contributed by atoms with Crippen molar-refractivity contribution in [2.75, 3.05) is 0 Å². The molecular formula is C14H24. The molecule has 0 amide bonds. The van der Waals surface area contributed by atoms with Crippen LogP contribution in [0.2, 0.25) is 0 Å². The molecule has 0 heteroatoms. The molecule has 0 heterocycles. The zero-order valence-electron chi connectivity index (χ0n) is 9.97. The molecule has 0 spiro atoms. The van der Waals surface area contributed by atoms with Crippen LogP contribution in [0.1, 0.15) is 52.9 Å². The van der Waals surface area contributed by atoms with Crippen molar-refractivity contribution in [3.8, 4) is 0 Å². The van der Waals surface area contributed by atoms with Crippen LogP contribution in [-0.4, -0.2) is 0 Å². The molecule has 0 N–H and O–H groups in total. The van der Waals surface area contributed by atoms with Gasteiger partial charge in [-0.15, -0.1) is 0 Å². The van der Waals surface area contributed by atoms with E-state index >= 15 is 0 Å². The third-order valence-electron chi connectivity index (χ3n) is 4.50. The molecule has 2 fully saturated rings. The maximum Gasteiger partial charge on any atom is -0.0146 e. The van der Waals surface area contributed by atoms with Crippen LogP contribution < -0.4 is 0 Å². The zero-order chi connectivity index (χ0) is 10.3. The Morgan fingerprint density at radius 1 is 1.14 bits per heavy atom. The van der Waals surface area contributed by atoms with Crippen molar-refractivity contribution in [3.05, 3.63) is 12.2 Å². The summed E-state index contributed by atoms with van der Waals surface area (Å²) in [6.07, 6.45) is 7.06. The van der Waals surface area contributed by atoms with Gasteiger partial charge in [0.2, 0.25) is 0 Å². The quantitative estimate of drug-likeness (QED) is 0.568. The summed E-state index contributed by atoms with van der Waals surface area (Å²) >= 11 is 0. The van der Waals surface area contributed by atoms with Gasteiger partial charge in [0.15, 0.2) is 0 Å². The first-order valence-electron chi connectivity index (χ1n) is 6.19. The van der Waals surface area contributed by atoms with Gasteiger partial charge in [-0.2, -0.15) is 0 Å². The van der Waals surface area contributed by atoms with E-state index in [1.807, 2.05) is 0 Å². The highest BCUT2D eigenvalue weighted by Gasteiger charge is 2.48. The molecule has 0 saturated heterocycles. The number of rotatable bonds is 2. The second kappa shape index (κ2) is 3.40. The van der Waals surface area contributed by atoms with Gasteiger partial charge in [-0.3, -0.25) is 0 Å². The highest BCUT2D eigenvalue weighted by Crippen LogP contribution is 2.58. The summed E-state index contributed by atoms with van der Waals surface area (Å²) in [7, 11) is 0. The molecule has 0 aromatic carbocycles. The number of allylic oxidation sites excluding steroid dienone is 1. The lowest BCUT2D eigenvalue weighted by atomic mass is 9.77. The van der Waals surface area contributed by atoms with Crippen molar-refractivity contribution in [3.63, 3.8) is 0 Å². The summed E-state index contributed by atoms with van der Waals surface area (Å²) in [6, 6.07) is 0. The molecule has 2 aliphatic carbocycles. The normalized spacial score (nSPS) is 40.6. The maximum absolute atomic E-state index is 4.36. The van der Waals surface area contributed by atoms with Gasteiger partial charge in [-0.25, -0.2) is 0 Å². The Morgan fingerprint density at radius 2 is 1.64 bits per heavy atom. The van der Waals surface area contributed by atoms with E-state index < -0.39 is 0 Å². The summed E-state index contributed by atoms with van der Waals surface area (Å²) in [5, 5.41) is 0. The van der Waals surface area contributed by atoms with E-state index in [1.54, 1.807) is 5.57 Å². The molecule has 1 atom stereocenters. The second-order valence-electron chi connectivity index (χ2n) is 6.28. The Kier molecular flexibility index (Phi) is 2.49. The standard InChI is InChI=1S/C14H24/c1-10-5-7-12(8-6-10)11(2)13-9-14(13,3)4/h10,12-13H,2,5-9H2,1,3-4H3. The van der Waals surface area contributed by atoms with E-state index in [1.165, 1.54) is 32.1 Å². The largest absolute Gasteiger partial charge is 0.0993 e. The van der Waals surface area contributed by atoms with Crippen molar-refractivity contribution in [1.29, 1.82) is 0 Å². The Hall–Kier alpha value is -0.260. The minimum absolute atomic E-state index is 0.583. The monoisotopic (exact) mass is 192 g/mol. The van der Waals surface area contributed by atoms with Crippen LogP contribution in [0.15, 0.2) is 12.2 Å². The summed E-state index contributed by atoms with van der Waals surface area (Å²) in [4.78, 5) is 0. The first-order chi connectivity index (χ1) is 6.50. The highest BCUT2D eigenvalue weighted by molar-refractivity contribution is 5.19. The minimum atomic E-state index is 0.583. The lowest BCUT2D eigenvalue weighted by Crippen LogP contribution is -2.15. The molecule has 2 aliphatic rings. The van der Waals surface area contributed by atoms with Gasteiger partial charge in [-0.1, -0.05) is 45.8 Å². The minimum Gasteiger partial charge on any atom is -0.0993 e. The van der Waals surface area contributed by atoms with Crippen LogP contribution in [0.5, 0.6) is 0 Å². The van der Waals surface area contributed by atoms with Gasteiger partial charge in [0, 0.05) is 0 Å². The zero-order valence-corrected chi connectivity index (χ0v) is 9.97. The Morgan fingerprint density at radius 3 is 2.07 bits per heavy atom.